The van der Waals surface area contributed by atoms with Crippen molar-refractivity contribution in [3.8, 4) is 0 Å². The first-order valence-corrected chi connectivity index (χ1v) is 6.78. The van der Waals surface area contributed by atoms with E-state index in [0.29, 0.717) is 0 Å². The zero-order chi connectivity index (χ0) is 12.1. The molecule has 0 amide bonds. The Labute approximate surface area is 101 Å². The van der Waals surface area contributed by atoms with Crippen LogP contribution in [0.4, 0.5) is 0 Å². The van der Waals surface area contributed by atoms with Crippen LogP contribution in [0.5, 0.6) is 0 Å². The molecule has 0 aromatic heterocycles. The van der Waals surface area contributed by atoms with E-state index in [4.69, 9.17) is 5.73 Å². The first-order valence-electron chi connectivity index (χ1n) is 6.78. The molecule has 1 aliphatic rings. The molecule has 1 atom stereocenters. The first-order chi connectivity index (χ1) is 7.69. The fourth-order valence-electron chi connectivity index (χ4n) is 2.87. The maximum Gasteiger partial charge on any atom is 0.00279 e. The van der Waals surface area contributed by atoms with Gasteiger partial charge in [-0.3, -0.25) is 0 Å². The van der Waals surface area contributed by atoms with E-state index in [1.54, 1.807) is 22.3 Å². The fourth-order valence-corrected chi connectivity index (χ4v) is 2.87. The summed E-state index contributed by atoms with van der Waals surface area (Å²) < 4.78 is 0. The summed E-state index contributed by atoms with van der Waals surface area (Å²) in [6.07, 6.45) is 6.02. The molecule has 1 nitrogen and oxygen atoms in total. The molecule has 0 saturated carbocycles. The summed E-state index contributed by atoms with van der Waals surface area (Å²) in [6, 6.07) is 0. The molecule has 0 heterocycles. The second kappa shape index (κ2) is 6.24. The summed E-state index contributed by atoms with van der Waals surface area (Å²) >= 11 is 0. The maximum atomic E-state index is 5.65. The van der Waals surface area contributed by atoms with E-state index in [-0.39, 0.29) is 0 Å². The van der Waals surface area contributed by atoms with Gasteiger partial charge in [-0.1, -0.05) is 43.1 Å². The number of allylic oxidation sites excluding steroid dienone is 4. The molecule has 1 rings (SSSR count). The Hall–Kier alpha value is -0.560. The van der Waals surface area contributed by atoms with Gasteiger partial charge in [-0.25, -0.2) is 0 Å². The van der Waals surface area contributed by atoms with Crippen LogP contribution >= 0.6 is 0 Å². The topological polar surface area (TPSA) is 26.0 Å². The van der Waals surface area contributed by atoms with Crippen LogP contribution in [-0.2, 0) is 0 Å². The Morgan fingerprint density at radius 2 is 1.75 bits per heavy atom. The van der Waals surface area contributed by atoms with Crippen molar-refractivity contribution < 1.29 is 0 Å². The Bertz CT molecular complexity index is 291. The third-order valence-corrected chi connectivity index (χ3v) is 3.92. The van der Waals surface area contributed by atoms with Gasteiger partial charge in [0.05, 0.1) is 0 Å². The average molecular weight is 221 g/mol. The van der Waals surface area contributed by atoms with Crippen molar-refractivity contribution in [2.24, 2.45) is 11.7 Å². The lowest BCUT2D eigenvalue weighted by Gasteiger charge is -2.07. The Morgan fingerprint density at radius 3 is 2.19 bits per heavy atom. The summed E-state index contributed by atoms with van der Waals surface area (Å²) in [5.74, 6) is 0.764. The third-order valence-electron chi connectivity index (χ3n) is 3.92. The first kappa shape index (κ1) is 13.5. The molecule has 16 heavy (non-hydrogen) atoms. The molecule has 0 radical (unpaired) electrons. The van der Waals surface area contributed by atoms with E-state index in [0.717, 1.165) is 12.5 Å². The van der Waals surface area contributed by atoms with Gasteiger partial charge in [0, 0.05) is 5.92 Å². The quantitative estimate of drug-likeness (QED) is 0.641. The van der Waals surface area contributed by atoms with Crippen LogP contribution in [0.15, 0.2) is 22.3 Å². The molecule has 0 saturated heterocycles. The SMILES string of the molecule is CCC(CC)=C(C)CC1=C(CC)C1CCN. The van der Waals surface area contributed by atoms with Crippen molar-refractivity contribution in [2.75, 3.05) is 6.54 Å². The van der Waals surface area contributed by atoms with Crippen molar-refractivity contribution in [3.63, 3.8) is 0 Å². The largest absolute Gasteiger partial charge is 0.330 e. The van der Waals surface area contributed by atoms with E-state index in [1.165, 1.54) is 32.1 Å². The van der Waals surface area contributed by atoms with Gasteiger partial charge in [0.15, 0.2) is 0 Å². The molecule has 1 heteroatoms. The van der Waals surface area contributed by atoms with Crippen LogP contribution in [0.25, 0.3) is 0 Å². The van der Waals surface area contributed by atoms with Crippen molar-refractivity contribution in [1.82, 2.24) is 0 Å². The van der Waals surface area contributed by atoms with E-state index in [9.17, 15) is 0 Å². The number of rotatable bonds is 7. The summed E-state index contributed by atoms with van der Waals surface area (Å²) in [6.45, 7) is 9.93. The molecule has 0 fully saturated rings. The lowest BCUT2D eigenvalue weighted by Crippen LogP contribution is -2.01. The standard InChI is InChI=1S/C15H27N/c1-5-12(6-2)11(4)10-15-13(7-3)14(15)8-9-16/h14H,5-10,16H2,1-4H3. The van der Waals surface area contributed by atoms with E-state index < -0.39 is 0 Å². The minimum absolute atomic E-state index is 0.764. The molecule has 1 unspecified atom stereocenters. The van der Waals surface area contributed by atoms with Crippen LogP contribution in [0.2, 0.25) is 0 Å². The van der Waals surface area contributed by atoms with E-state index in [1.807, 2.05) is 0 Å². The number of nitrogens with two attached hydrogens (primary N) is 1. The van der Waals surface area contributed by atoms with Crippen LogP contribution in [-0.4, -0.2) is 6.54 Å². The summed E-state index contributed by atoms with van der Waals surface area (Å²) in [5.41, 5.74) is 12.3. The van der Waals surface area contributed by atoms with Gasteiger partial charge in [0.1, 0.15) is 0 Å². The number of hydrogen-bond donors (Lipinski definition) is 1. The molecule has 0 aliphatic heterocycles. The van der Waals surface area contributed by atoms with Gasteiger partial charge in [0.25, 0.3) is 0 Å². The molecule has 0 spiro atoms. The van der Waals surface area contributed by atoms with Crippen molar-refractivity contribution in [3.05, 3.63) is 22.3 Å². The molecule has 0 aromatic rings. The summed E-state index contributed by atoms with van der Waals surface area (Å²) in [4.78, 5) is 0. The highest BCUT2D eigenvalue weighted by atomic mass is 14.5. The molecular weight excluding hydrogens is 194 g/mol. The molecule has 0 aromatic carbocycles. The predicted molar refractivity (Wildman–Crippen MR) is 72.4 cm³/mol. The fraction of sp³-hybridized carbons (Fsp3) is 0.733. The molecular formula is C15H27N. The lowest BCUT2D eigenvalue weighted by molar-refractivity contribution is 0.729. The zero-order valence-electron chi connectivity index (χ0n) is 11.4. The van der Waals surface area contributed by atoms with Crippen LogP contribution < -0.4 is 5.73 Å². The normalized spacial score (nSPS) is 18.9. The highest BCUT2D eigenvalue weighted by Gasteiger charge is 2.33. The van der Waals surface area contributed by atoms with Gasteiger partial charge < -0.3 is 5.73 Å². The number of hydrogen-bond acceptors (Lipinski definition) is 1. The van der Waals surface area contributed by atoms with Gasteiger partial charge >= 0.3 is 0 Å². The predicted octanol–water partition coefficient (Wildman–Crippen LogP) is 4.20. The van der Waals surface area contributed by atoms with E-state index >= 15 is 0 Å². The lowest BCUT2D eigenvalue weighted by atomic mass is 9.99. The average Bonchev–Trinajstić information content (AvgIpc) is 2.92. The zero-order valence-corrected chi connectivity index (χ0v) is 11.4. The van der Waals surface area contributed by atoms with Crippen molar-refractivity contribution >= 4 is 0 Å². The minimum atomic E-state index is 0.764. The molecule has 92 valence electrons. The Kier molecular flexibility index (Phi) is 5.27. The smallest absolute Gasteiger partial charge is 0.00279 e. The van der Waals surface area contributed by atoms with Crippen LogP contribution in [0, 0.1) is 5.92 Å². The second-order valence-corrected chi connectivity index (χ2v) is 4.80. The molecule has 2 N–H and O–H groups in total. The summed E-state index contributed by atoms with van der Waals surface area (Å²) in [7, 11) is 0. The second-order valence-electron chi connectivity index (χ2n) is 4.80. The highest BCUT2D eigenvalue weighted by molar-refractivity contribution is 5.43. The Balaban J connectivity index is 2.61. The third kappa shape index (κ3) is 2.98. The highest BCUT2D eigenvalue weighted by Crippen LogP contribution is 2.47. The maximum absolute atomic E-state index is 5.65. The summed E-state index contributed by atoms with van der Waals surface area (Å²) in [5, 5.41) is 0. The van der Waals surface area contributed by atoms with Gasteiger partial charge in [0.2, 0.25) is 0 Å². The molecule has 1 aliphatic carbocycles. The van der Waals surface area contributed by atoms with E-state index in [2.05, 4.69) is 27.7 Å². The van der Waals surface area contributed by atoms with Gasteiger partial charge in [-0.15, -0.1) is 0 Å². The van der Waals surface area contributed by atoms with Crippen molar-refractivity contribution in [2.45, 2.75) is 59.8 Å². The van der Waals surface area contributed by atoms with Gasteiger partial charge in [-0.05, 0) is 45.6 Å². The Morgan fingerprint density at radius 1 is 1.12 bits per heavy atom. The van der Waals surface area contributed by atoms with Crippen molar-refractivity contribution in [1.29, 1.82) is 0 Å². The monoisotopic (exact) mass is 221 g/mol. The minimum Gasteiger partial charge on any atom is -0.330 e. The van der Waals surface area contributed by atoms with Crippen LogP contribution in [0.1, 0.15) is 59.8 Å². The molecule has 0 bridgehead atoms. The van der Waals surface area contributed by atoms with Crippen LogP contribution in [0.3, 0.4) is 0 Å². The van der Waals surface area contributed by atoms with Gasteiger partial charge in [-0.2, -0.15) is 0 Å².